The maximum absolute atomic E-state index is 6.24. The predicted octanol–water partition coefficient (Wildman–Crippen LogP) is 0.724. The number of rotatable bonds is 6. The molecule has 2 heterocycles. The molecule has 2 aliphatic rings. The van der Waals surface area contributed by atoms with Crippen molar-refractivity contribution in [3.8, 4) is 11.5 Å². The van der Waals surface area contributed by atoms with E-state index in [0.29, 0.717) is 25.7 Å². The second-order valence-corrected chi connectivity index (χ2v) is 6.58. The van der Waals surface area contributed by atoms with Gasteiger partial charge in [0.25, 0.3) is 0 Å². The summed E-state index contributed by atoms with van der Waals surface area (Å²) in [5, 5.41) is 0. The van der Waals surface area contributed by atoms with Crippen molar-refractivity contribution in [2.24, 2.45) is 10.7 Å². The maximum atomic E-state index is 6.24. The van der Waals surface area contributed by atoms with Crippen LogP contribution in [0.25, 0.3) is 0 Å². The van der Waals surface area contributed by atoms with Gasteiger partial charge in [0.15, 0.2) is 17.5 Å². The Morgan fingerprint density at radius 1 is 1.04 bits per heavy atom. The molecule has 0 aliphatic carbocycles. The van der Waals surface area contributed by atoms with E-state index in [0.717, 1.165) is 56.5 Å². The zero-order valence-electron chi connectivity index (χ0n) is 16.2. The molecule has 2 saturated heterocycles. The monoisotopic (exact) mass is 378 g/mol. The summed E-state index contributed by atoms with van der Waals surface area (Å²) in [5.41, 5.74) is 7.37. The lowest BCUT2D eigenvalue weighted by Gasteiger charge is -2.34. The molecule has 0 bridgehead atoms. The van der Waals surface area contributed by atoms with Crippen LogP contribution >= 0.6 is 0 Å². The first-order valence-electron chi connectivity index (χ1n) is 9.39. The van der Waals surface area contributed by atoms with Gasteiger partial charge in [0.1, 0.15) is 0 Å². The molecule has 1 aromatic carbocycles. The fraction of sp³-hybridized carbons (Fsp3) is 0.632. The number of methoxy groups -OCH3 is 2. The van der Waals surface area contributed by atoms with Gasteiger partial charge in [-0.15, -0.1) is 0 Å². The number of ether oxygens (including phenoxy) is 4. The standard InChI is InChI=1S/C19H30N4O4/c1-24-17-4-3-15(13-18(17)25-2)16(22-5-9-26-10-6-22)14-21-19(20)23-7-11-27-12-8-23/h3-4,13,16H,5-12,14H2,1-2H3,(H2,20,21). The van der Waals surface area contributed by atoms with Crippen molar-refractivity contribution in [3.63, 3.8) is 0 Å². The normalized spacial score (nSPS) is 20.4. The van der Waals surface area contributed by atoms with Crippen LogP contribution in [0.5, 0.6) is 11.5 Å². The quantitative estimate of drug-likeness (QED) is 0.577. The van der Waals surface area contributed by atoms with Crippen molar-refractivity contribution in [2.45, 2.75) is 6.04 Å². The van der Waals surface area contributed by atoms with Crippen LogP contribution in [0.15, 0.2) is 23.2 Å². The minimum Gasteiger partial charge on any atom is -0.493 e. The molecular formula is C19H30N4O4. The highest BCUT2D eigenvalue weighted by Crippen LogP contribution is 2.32. The molecule has 0 amide bonds. The molecule has 1 unspecified atom stereocenters. The Morgan fingerprint density at radius 3 is 2.30 bits per heavy atom. The van der Waals surface area contributed by atoms with Gasteiger partial charge >= 0.3 is 0 Å². The highest BCUT2D eigenvalue weighted by Gasteiger charge is 2.24. The van der Waals surface area contributed by atoms with E-state index in [1.165, 1.54) is 0 Å². The topological polar surface area (TPSA) is 81.8 Å². The van der Waals surface area contributed by atoms with Crippen molar-refractivity contribution in [1.29, 1.82) is 0 Å². The Labute approximate surface area is 160 Å². The number of nitrogens with two attached hydrogens (primary N) is 1. The summed E-state index contributed by atoms with van der Waals surface area (Å²) in [5.74, 6) is 2.02. The predicted molar refractivity (Wildman–Crippen MR) is 104 cm³/mol. The lowest BCUT2D eigenvalue weighted by atomic mass is 10.0. The van der Waals surface area contributed by atoms with E-state index >= 15 is 0 Å². The van der Waals surface area contributed by atoms with Crippen LogP contribution in [0.3, 0.4) is 0 Å². The van der Waals surface area contributed by atoms with Crippen LogP contribution in [0.1, 0.15) is 11.6 Å². The molecule has 2 fully saturated rings. The summed E-state index contributed by atoms with van der Waals surface area (Å²) in [6, 6.07) is 6.14. The molecule has 2 aliphatic heterocycles. The lowest BCUT2D eigenvalue weighted by Crippen LogP contribution is -2.45. The number of morpholine rings is 2. The molecule has 1 atom stereocenters. The maximum Gasteiger partial charge on any atom is 0.191 e. The summed E-state index contributed by atoms with van der Waals surface area (Å²) >= 11 is 0. The molecule has 27 heavy (non-hydrogen) atoms. The molecule has 8 heteroatoms. The number of nitrogens with zero attached hydrogens (tertiary/aromatic N) is 3. The van der Waals surface area contributed by atoms with Gasteiger partial charge in [-0.05, 0) is 17.7 Å². The van der Waals surface area contributed by atoms with E-state index in [1.807, 2.05) is 12.1 Å². The van der Waals surface area contributed by atoms with Crippen LogP contribution in [-0.2, 0) is 9.47 Å². The zero-order valence-corrected chi connectivity index (χ0v) is 16.2. The molecule has 2 N–H and O–H groups in total. The van der Waals surface area contributed by atoms with Gasteiger partial charge in [-0.25, -0.2) is 0 Å². The average Bonchev–Trinajstić information content (AvgIpc) is 2.75. The number of benzene rings is 1. The number of hydrogen-bond donors (Lipinski definition) is 1. The first-order valence-corrected chi connectivity index (χ1v) is 9.39. The minimum absolute atomic E-state index is 0.105. The Kier molecular flexibility index (Phi) is 7.14. The van der Waals surface area contributed by atoms with Crippen molar-refractivity contribution in [1.82, 2.24) is 9.80 Å². The first kappa shape index (κ1) is 19.7. The van der Waals surface area contributed by atoms with E-state index < -0.39 is 0 Å². The van der Waals surface area contributed by atoms with E-state index in [1.54, 1.807) is 14.2 Å². The van der Waals surface area contributed by atoms with Crippen LogP contribution < -0.4 is 15.2 Å². The van der Waals surface area contributed by atoms with Crippen LogP contribution in [0.4, 0.5) is 0 Å². The van der Waals surface area contributed by atoms with Crippen LogP contribution in [0.2, 0.25) is 0 Å². The Balaban J connectivity index is 1.80. The largest absolute Gasteiger partial charge is 0.493 e. The van der Waals surface area contributed by atoms with Gasteiger partial charge in [0, 0.05) is 26.2 Å². The fourth-order valence-corrected chi connectivity index (χ4v) is 3.45. The average molecular weight is 378 g/mol. The fourth-order valence-electron chi connectivity index (χ4n) is 3.45. The molecule has 3 rings (SSSR count). The Morgan fingerprint density at radius 2 is 1.67 bits per heavy atom. The SMILES string of the molecule is COc1ccc(C(CN=C(N)N2CCOCC2)N2CCOCC2)cc1OC. The van der Waals surface area contributed by atoms with Crippen molar-refractivity contribution in [3.05, 3.63) is 23.8 Å². The van der Waals surface area contributed by atoms with Crippen LogP contribution in [0, 0.1) is 0 Å². The van der Waals surface area contributed by atoms with E-state index in [9.17, 15) is 0 Å². The highest BCUT2D eigenvalue weighted by atomic mass is 16.5. The molecular weight excluding hydrogens is 348 g/mol. The molecule has 0 radical (unpaired) electrons. The summed E-state index contributed by atoms with van der Waals surface area (Å²) < 4.78 is 21.8. The molecule has 1 aromatic rings. The smallest absolute Gasteiger partial charge is 0.191 e. The highest BCUT2D eigenvalue weighted by molar-refractivity contribution is 5.78. The Hall–Kier alpha value is -2.03. The van der Waals surface area contributed by atoms with E-state index in [-0.39, 0.29) is 6.04 Å². The summed E-state index contributed by atoms with van der Waals surface area (Å²) in [6.07, 6.45) is 0. The molecule has 150 valence electrons. The number of hydrogen-bond acceptors (Lipinski definition) is 6. The lowest BCUT2D eigenvalue weighted by molar-refractivity contribution is 0.0178. The van der Waals surface area contributed by atoms with Crippen molar-refractivity contribution in [2.75, 3.05) is 73.4 Å². The third-order valence-corrected chi connectivity index (χ3v) is 5.04. The Bertz CT molecular complexity index is 628. The van der Waals surface area contributed by atoms with E-state index in [2.05, 4.69) is 15.9 Å². The first-order chi connectivity index (χ1) is 13.2. The van der Waals surface area contributed by atoms with E-state index in [4.69, 9.17) is 29.7 Å². The molecule has 0 aromatic heterocycles. The van der Waals surface area contributed by atoms with Crippen molar-refractivity contribution < 1.29 is 18.9 Å². The van der Waals surface area contributed by atoms with Gasteiger partial charge in [-0.1, -0.05) is 6.07 Å². The van der Waals surface area contributed by atoms with Gasteiger partial charge in [0.2, 0.25) is 0 Å². The summed E-state index contributed by atoms with van der Waals surface area (Å²) in [6.45, 7) is 6.73. The number of aliphatic imine (C=N–C) groups is 1. The van der Waals surface area contributed by atoms with Gasteiger partial charge in [-0.3, -0.25) is 9.89 Å². The second-order valence-electron chi connectivity index (χ2n) is 6.58. The third-order valence-electron chi connectivity index (χ3n) is 5.04. The zero-order chi connectivity index (χ0) is 19.1. The molecule has 0 saturated carbocycles. The van der Waals surface area contributed by atoms with Gasteiger partial charge < -0.3 is 29.6 Å². The van der Waals surface area contributed by atoms with Crippen molar-refractivity contribution >= 4 is 5.96 Å². The second kappa shape index (κ2) is 9.77. The number of guanidine groups is 1. The van der Waals surface area contributed by atoms with Gasteiger partial charge in [0.05, 0.1) is 53.2 Å². The third kappa shape index (κ3) is 5.03. The molecule has 8 nitrogen and oxygen atoms in total. The molecule has 0 spiro atoms. The minimum atomic E-state index is 0.105. The summed E-state index contributed by atoms with van der Waals surface area (Å²) in [7, 11) is 3.30. The van der Waals surface area contributed by atoms with Gasteiger partial charge in [-0.2, -0.15) is 0 Å². The van der Waals surface area contributed by atoms with Crippen LogP contribution in [-0.4, -0.2) is 89.1 Å². The summed E-state index contributed by atoms with van der Waals surface area (Å²) in [4.78, 5) is 9.18.